The first-order valence-corrected chi connectivity index (χ1v) is 4.97. The molecule has 0 saturated heterocycles. The molecule has 0 N–H and O–H groups in total. The van der Waals surface area contributed by atoms with Gasteiger partial charge in [0.15, 0.2) is 0 Å². The number of carbonyl (C=O) groups is 1. The van der Waals surface area contributed by atoms with Gasteiger partial charge in [0.05, 0.1) is 5.03 Å². The highest BCUT2D eigenvalue weighted by Crippen LogP contribution is 2.28. The van der Waals surface area contributed by atoms with Gasteiger partial charge in [-0.2, -0.15) is 0 Å². The molecule has 3 heteroatoms. The van der Waals surface area contributed by atoms with E-state index in [0.29, 0.717) is 11.3 Å². The third-order valence-electron chi connectivity index (χ3n) is 2.37. The summed E-state index contributed by atoms with van der Waals surface area (Å²) in [4.78, 5) is 10.4. The number of halogens is 1. The van der Waals surface area contributed by atoms with Crippen molar-refractivity contribution in [2.24, 2.45) is 7.05 Å². The molecular weight excluding hydrogens is 210 g/mol. The van der Waals surface area contributed by atoms with E-state index in [1.165, 1.54) is 6.08 Å². The zero-order valence-corrected chi connectivity index (χ0v) is 9.03. The molecule has 1 aromatic heterocycles. The number of allylic oxidation sites excluding steroid dienone is 1. The SMILES string of the molecule is Cn1cc(/C(Cl)=C/C=O)c2ccccc21. The summed E-state index contributed by atoms with van der Waals surface area (Å²) in [7, 11) is 1.96. The van der Waals surface area contributed by atoms with Gasteiger partial charge in [0.1, 0.15) is 6.29 Å². The lowest BCUT2D eigenvalue weighted by Crippen LogP contribution is -1.81. The van der Waals surface area contributed by atoms with E-state index in [2.05, 4.69) is 0 Å². The minimum Gasteiger partial charge on any atom is -0.350 e. The van der Waals surface area contributed by atoms with Crippen LogP contribution < -0.4 is 0 Å². The largest absolute Gasteiger partial charge is 0.350 e. The van der Waals surface area contributed by atoms with Crippen LogP contribution in [0.2, 0.25) is 0 Å². The number of aldehydes is 1. The minimum atomic E-state index is 0.474. The summed E-state index contributed by atoms with van der Waals surface area (Å²) in [5, 5.41) is 1.53. The second-order valence-corrected chi connectivity index (χ2v) is 3.73. The van der Waals surface area contributed by atoms with Gasteiger partial charge in [-0.1, -0.05) is 29.8 Å². The average Bonchev–Trinajstić information content (AvgIpc) is 2.58. The van der Waals surface area contributed by atoms with Crippen molar-refractivity contribution in [3.8, 4) is 0 Å². The van der Waals surface area contributed by atoms with E-state index in [4.69, 9.17) is 11.6 Å². The highest BCUT2D eigenvalue weighted by atomic mass is 35.5. The van der Waals surface area contributed by atoms with Crippen LogP contribution in [0.4, 0.5) is 0 Å². The van der Waals surface area contributed by atoms with E-state index in [9.17, 15) is 4.79 Å². The molecule has 0 aliphatic heterocycles. The quantitative estimate of drug-likeness (QED) is 0.562. The number of hydrogen-bond acceptors (Lipinski definition) is 1. The lowest BCUT2D eigenvalue weighted by molar-refractivity contribution is -0.104. The van der Waals surface area contributed by atoms with Gasteiger partial charge in [-0.15, -0.1) is 0 Å². The third-order valence-corrected chi connectivity index (χ3v) is 2.70. The van der Waals surface area contributed by atoms with Gasteiger partial charge in [0.25, 0.3) is 0 Å². The Morgan fingerprint density at radius 3 is 2.87 bits per heavy atom. The van der Waals surface area contributed by atoms with Crippen molar-refractivity contribution in [1.29, 1.82) is 0 Å². The first-order chi connectivity index (χ1) is 7.24. The Morgan fingerprint density at radius 1 is 1.40 bits per heavy atom. The van der Waals surface area contributed by atoms with Crippen molar-refractivity contribution in [1.82, 2.24) is 4.57 Å². The molecule has 0 bridgehead atoms. The average molecular weight is 220 g/mol. The molecule has 2 rings (SSSR count). The molecule has 2 aromatic rings. The molecule has 0 aliphatic rings. The normalized spacial score (nSPS) is 12.0. The number of fused-ring (bicyclic) bond motifs is 1. The van der Waals surface area contributed by atoms with E-state index in [1.54, 1.807) is 0 Å². The molecule has 0 amide bonds. The van der Waals surface area contributed by atoms with Crippen LogP contribution in [0, 0.1) is 0 Å². The summed E-state index contributed by atoms with van der Waals surface area (Å²) in [6, 6.07) is 7.94. The number of nitrogens with zero attached hydrogens (tertiary/aromatic N) is 1. The fourth-order valence-electron chi connectivity index (χ4n) is 1.68. The van der Waals surface area contributed by atoms with Crippen LogP contribution in [-0.4, -0.2) is 10.9 Å². The highest BCUT2D eigenvalue weighted by Gasteiger charge is 2.07. The molecule has 0 saturated carbocycles. The molecular formula is C12H10ClNO. The first-order valence-electron chi connectivity index (χ1n) is 4.59. The molecule has 0 radical (unpaired) electrons. The summed E-state index contributed by atoms with van der Waals surface area (Å²) >= 11 is 6.02. The zero-order chi connectivity index (χ0) is 10.8. The highest BCUT2D eigenvalue weighted by molar-refractivity contribution is 6.50. The van der Waals surface area contributed by atoms with Gasteiger partial charge in [-0.05, 0) is 12.1 Å². The van der Waals surface area contributed by atoms with E-state index < -0.39 is 0 Å². The van der Waals surface area contributed by atoms with Crippen molar-refractivity contribution in [2.45, 2.75) is 0 Å². The number of carbonyl (C=O) groups excluding carboxylic acids is 1. The molecule has 1 heterocycles. The van der Waals surface area contributed by atoms with Gasteiger partial charge >= 0.3 is 0 Å². The Bertz CT molecular complexity index is 540. The maximum absolute atomic E-state index is 10.4. The first kappa shape index (κ1) is 9.99. The number of aryl methyl sites for hydroxylation is 1. The van der Waals surface area contributed by atoms with Crippen LogP contribution in [0.1, 0.15) is 5.56 Å². The van der Waals surface area contributed by atoms with Gasteiger partial charge in [0, 0.05) is 29.7 Å². The molecule has 1 aromatic carbocycles. The van der Waals surface area contributed by atoms with Gasteiger partial charge in [-0.3, -0.25) is 4.79 Å². The topological polar surface area (TPSA) is 22.0 Å². The Labute approximate surface area is 92.8 Å². The summed E-state index contributed by atoms with van der Waals surface area (Å²) in [5.74, 6) is 0. The second-order valence-electron chi connectivity index (χ2n) is 3.32. The van der Waals surface area contributed by atoms with Crippen molar-refractivity contribution in [3.05, 3.63) is 42.1 Å². The molecule has 0 unspecified atom stereocenters. The van der Waals surface area contributed by atoms with E-state index >= 15 is 0 Å². The van der Waals surface area contributed by atoms with Crippen LogP contribution in [0.15, 0.2) is 36.5 Å². The Morgan fingerprint density at radius 2 is 2.13 bits per heavy atom. The number of para-hydroxylation sites is 1. The number of hydrogen-bond donors (Lipinski definition) is 0. The molecule has 0 spiro atoms. The van der Waals surface area contributed by atoms with Crippen molar-refractivity contribution < 1.29 is 4.79 Å². The molecule has 0 atom stereocenters. The fourth-order valence-corrected chi connectivity index (χ4v) is 1.88. The monoisotopic (exact) mass is 219 g/mol. The Balaban J connectivity index is 2.72. The van der Waals surface area contributed by atoms with Crippen molar-refractivity contribution in [2.75, 3.05) is 0 Å². The van der Waals surface area contributed by atoms with Crippen LogP contribution in [-0.2, 0) is 11.8 Å². The molecule has 0 fully saturated rings. The van der Waals surface area contributed by atoms with Crippen LogP contribution in [0.25, 0.3) is 15.9 Å². The lowest BCUT2D eigenvalue weighted by atomic mass is 10.1. The van der Waals surface area contributed by atoms with Crippen LogP contribution in [0.3, 0.4) is 0 Å². The van der Waals surface area contributed by atoms with E-state index in [0.717, 1.165) is 16.5 Å². The van der Waals surface area contributed by atoms with Gasteiger partial charge < -0.3 is 4.57 Å². The molecule has 76 valence electrons. The Kier molecular flexibility index (Phi) is 2.60. The Hall–Kier alpha value is -1.54. The van der Waals surface area contributed by atoms with Crippen LogP contribution in [0.5, 0.6) is 0 Å². The smallest absolute Gasteiger partial charge is 0.144 e. The summed E-state index contributed by atoms with van der Waals surface area (Å²) in [6.07, 6.45) is 3.99. The maximum Gasteiger partial charge on any atom is 0.144 e. The van der Waals surface area contributed by atoms with Gasteiger partial charge in [-0.25, -0.2) is 0 Å². The number of benzene rings is 1. The second kappa shape index (κ2) is 3.91. The minimum absolute atomic E-state index is 0.474. The molecule has 2 nitrogen and oxygen atoms in total. The number of rotatable bonds is 2. The maximum atomic E-state index is 10.4. The summed E-state index contributed by atoms with van der Waals surface area (Å²) in [5.41, 5.74) is 1.99. The predicted molar refractivity (Wildman–Crippen MR) is 62.8 cm³/mol. The summed E-state index contributed by atoms with van der Waals surface area (Å²) in [6.45, 7) is 0. The van der Waals surface area contributed by atoms with Crippen LogP contribution >= 0.6 is 11.6 Å². The molecule has 15 heavy (non-hydrogen) atoms. The van der Waals surface area contributed by atoms with Crippen molar-refractivity contribution in [3.63, 3.8) is 0 Å². The third kappa shape index (κ3) is 1.68. The van der Waals surface area contributed by atoms with E-state index in [1.807, 2.05) is 42.1 Å². The standard InChI is InChI=1S/C12H10ClNO/c1-14-8-10(11(13)6-7-15)9-4-2-3-5-12(9)14/h2-8H,1H3/b11-6-. The van der Waals surface area contributed by atoms with Gasteiger partial charge in [0.2, 0.25) is 0 Å². The fraction of sp³-hybridized carbons (Fsp3) is 0.0833. The number of aromatic nitrogens is 1. The summed E-state index contributed by atoms with van der Waals surface area (Å²) < 4.78 is 1.99. The lowest BCUT2D eigenvalue weighted by Gasteiger charge is -1.94. The molecule has 0 aliphatic carbocycles. The van der Waals surface area contributed by atoms with Crippen molar-refractivity contribution >= 4 is 33.8 Å². The zero-order valence-electron chi connectivity index (χ0n) is 8.27. The predicted octanol–water partition coefficient (Wildman–Crippen LogP) is 2.96. The van der Waals surface area contributed by atoms with E-state index in [-0.39, 0.29) is 0 Å².